The first-order valence-electron chi connectivity index (χ1n) is 6.07. The second kappa shape index (κ2) is 6.11. The minimum absolute atomic E-state index is 0.0898. The summed E-state index contributed by atoms with van der Waals surface area (Å²) in [5.74, 6) is 0.551. The molecule has 0 unspecified atom stereocenters. The van der Waals surface area contributed by atoms with E-state index in [0.29, 0.717) is 16.6 Å². The van der Waals surface area contributed by atoms with Gasteiger partial charge in [-0.3, -0.25) is 4.79 Å². The van der Waals surface area contributed by atoms with Gasteiger partial charge in [0.1, 0.15) is 5.02 Å². The standard InChI is InChI=1S/C13H10ClN5OS/c14-10-11(8-4-2-1-3-5-8)16-13(17-12(10)20)21-7-9-6-15-19-18-9/h1-6H,7H2,(H,15,18,19)(H,16,17,20). The van der Waals surface area contributed by atoms with Crippen LogP contribution >= 0.6 is 23.4 Å². The lowest BCUT2D eigenvalue weighted by molar-refractivity contribution is 0.921. The van der Waals surface area contributed by atoms with E-state index in [9.17, 15) is 4.79 Å². The molecule has 0 spiro atoms. The van der Waals surface area contributed by atoms with E-state index >= 15 is 0 Å². The first kappa shape index (κ1) is 13.8. The molecule has 2 aromatic heterocycles. The SMILES string of the molecule is O=c1[nH]c(SCc2cn[nH]n2)nc(-c2ccccc2)c1Cl. The Bertz CT molecular complexity index is 788. The molecule has 6 nitrogen and oxygen atoms in total. The van der Waals surface area contributed by atoms with Crippen molar-refractivity contribution in [2.45, 2.75) is 10.9 Å². The Hall–Kier alpha value is -2.12. The maximum Gasteiger partial charge on any atom is 0.270 e. The lowest BCUT2D eigenvalue weighted by Gasteiger charge is -2.05. The van der Waals surface area contributed by atoms with Crippen molar-refractivity contribution in [2.24, 2.45) is 0 Å². The fraction of sp³-hybridized carbons (Fsp3) is 0.0769. The third-order valence-corrected chi connectivity index (χ3v) is 3.97. The number of rotatable bonds is 4. The first-order chi connectivity index (χ1) is 10.2. The topological polar surface area (TPSA) is 87.3 Å². The highest BCUT2D eigenvalue weighted by Crippen LogP contribution is 2.25. The van der Waals surface area contributed by atoms with E-state index in [1.54, 1.807) is 6.20 Å². The van der Waals surface area contributed by atoms with E-state index < -0.39 is 0 Å². The fourth-order valence-corrected chi connectivity index (χ4v) is 2.67. The third-order valence-electron chi connectivity index (χ3n) is 2.71. The first-order valence-corrected chi connectivity index (χ1v) is 7.43. The number of aromatic amines is 2. The van der Waals surface area contributed by atoms with Crippen LogP contribution in [0.25, 0.3) is 11.3 Å². The van der Waals surface area contributed by atoms with Crippen LogP contribution in [0.5, 0.6) is 0 Å². The minimum atomic E-state index is -0.354. The summed E-state index contributed by atoms with van der Waals surface area (Å²) in [5.41, 5.74) is 1.70. The van der Waals surface area contributed by atoms with Crippen LogP contribution < -0.4 is 5.56 Å². The molecule has 0 aliphatic carbocycles. The van der Waals surface area contributed by atoms with Gasteiger partial charge in [0.05, 0.1) is 17.6 Å². The summed E-state index contributed by atoms with van der Waals surface area (Å²) in [5, 5.41) is 10.8. The Balaban J connectivity index is 1.92. The van der Waals surface area contributed by atoms with Gasteiger partial charge in [-0.25, -0.2) is 4.98 Å². The summed E-state index contributed by atoms with van der Waals surface area (Å²) in [4.78, 5) is 19.0. The van der Waals surface area contributed by atoms with Gasteiger partial charge in [0.2, 0.25) is 0 Å². The number of thioether (sulfide) groups is 1. The smallest absolute Gasteiger partial charge is 0.270 e. The van der Waals surface area contributed by atoms with Crippen molar-refractivity contribution < 1.29 is 0 Å². The van der Waals surface area contributed by atoms with Crippen LogP contribution in [0, 0.1) is 0 Å². The molecule has 0 atom stereocenters. The lowest BCUT2D eigenvalue weighted by Crippen LogP contribution is -2.11. The largest absolute Gasteiger partial charge is 0.300 e. The molecule has 2 N–H and O–H groups in total. The molecule has 0 aliphatic heterocycles. The summed E-state index contributed by atoms with van der Waals surface area (Å²) >= 11 is 7.42. The molecule has 8 heteroatoms. The second-order valence-electron chi connectivity index (χ2n) is 4.15. The van der Waals surface area contributed by atoms with Crippen LogP contribution in [0.3, 0.4) is 0 Å². The number of hydrogen-bond donors (Lipinski definition) is 2. The summed E-state index contributed by atoms with van der Waals surface area (Å²) < 4.78 is 0. The summed E-state index contributed by atoms with van der Waals surface area (Å²) in [6, 6.07) is 9.36. The molecule has 0 bridgehead atoms. The zero-order chi connectivity index (χ0) is 14.7. The average molecular weight is 320 g/mol. The zero-order valence-electron chi connectivity index (χ0n) is 10.7. The molecule has 0 saturated carbocycles. The zero-order valence-corrected chi connectivity index (χ0v) is 12.3. The third kappa shape index (κ3) is 3.14. The van der Waals surface area contributed by atoms with Crippen molar-refractivity contribution in [1.82, 2.24) is 25.4 Å². The molecule has 2 heterocycles. The Labute approximate surface area is 129 Å². The number of halogens is 1. The fourth-order valence-electron chi connectivity index (χ4n) is 1.73. The molecule has 0 aliphatic rings. The molecule has 0 saturated heterocycles. The highest BCUT2D eigenvalue weighted by atomic mass is 35.5. The van der Waals surface area contributed by atoms with Crippen molar-refractivity contribution in [2.75, 3.05) is 0 Å². The number of H-pyrrole nitrogens is 2. The van der Waals surface area contributed by atoms with Crippen molar-refractivity contribution in [3.05, 3.63) is 57.6 Å². The Kier molecular flexibility index (Phi) is 4.03. The van der Waals surface area contributed by atoms with Gasteiger partial charge in [0.25, 0.3) is 5.56 Å². The van der Waals surface area contributed by atoms with E-state index in [1.807, 2.05) is 30.3 Å². The molecule has 0 amide bonds. The average Bonchev–Trinajstić information content (AvgIpc) is 3.02. The maximum atomic E-state index is 11.9. The lowest BCUT2D eigenvalue weighted by atomic mass is 10.1. The predicted octanol–water partition coefficient (Wildman–Crippen LogP) is 2.50. The van der Waals surface area contributed by atoms with E-state index in [0.717, 1.165) is 11.3 Å². The monoisotopic (exact) mass is 319 g/mol. The molecule has 21 heavy (non-hydrogen) atoms. The van der Waals surface area contributed by atoms with Gasteiger partial charge in [-0.2, -0.15) is 15.4 Å². The molecule has 0 fully saturated rings. The Morgan fingerprint density at radius 2 is 2.05 bits per heavy atom. The van der Waals surface area contributed by atoms with E-state index in [-0.39, 0.29) is 10.6 Å². The molecule has 106 valence electrons. The number of nitrogens with one attached hydrogen (secondary N) is 2. The molecular weight excluding hydrogens is 310 g/mol. The van der Waals surface area contributed by atoms with Crippen molar-refractivity contribution >= 4 is 23.4 Å². The second-order valence-corrected chi connectivity index (χ2v) is 5.49. The van der Waals surface area contributed by atoms with Gasteiger partial charge in [-0.15, -0.1) is 0 Å². The van der Waals surface area contributed by atoms with E-state index in [2.05, 4.69) is 25.4 Å². The van der Waals surface area contributed by atoms with Crippen molar-refractivity contribution in [3.63, 3.8) is 0 Å². The van der Waals surface area contributed by atoms with Gasteiger partial charge in [0.15, 0.2) is 5.16 Å². The van der Waals surface area contributed by atoms with E-state index in [1.165, 1.54) is 11.8 Å². The van der Waals surface area contributed by atoms with Crippen LogP contribution in [-0.2, 0) is 5.75 Å². The van der Waals surface area contributed by atoms with Gasteiger partial charge in [0, 0.05) is 11.3 Å². The number of nitrogens with zero attached hydrogens (tertiary/aromatic N) is 3. The molecule has 0 radical (unpaired) electrons. The Morgan fingerprint density at radius 1 is 1.24 bits per heavy atom. The highest BCUT2D eigenvalue weighted by Gasteiger charge is 2.12. The summed E-state index contributed by atoms with van der Waals surface area (Å²) in [6.45, 7) is 0. The van der Waals surface area contributed by atoms with Crippen LogP contribution in [-0.4, -0.2) is 25.4 Å². The summed E-state index contributed by atoms with van der Waals surface area (Å²) in [7, 11) is 0. The normalized spacial score (nSPS) is 10.7. The van der Waals surface area contributed by atoms with Crippen LogP contribution in [0.1, 0.15) is 5.69 Å². The number of aromatic nitrogens is 5. The Morgan fingerprint density at radius 3 is 2.76 bits per heavy atom. The van der Waals surface area contributed by atoms with Crippen molar-refractivity contribution in [1.29, 1.82) is 0 Å². The summed E-state index contributed by atoms with van der Waals surface area (Å²) in [6.07, 6.45) is 1.62. The molecule has 3 aromatic rings. The molecular formula is C13H10ClN5OS. The molecule has 3 rings (SSSR count). The quantitative estimate of drug-likeness (QED) is 0.570. The highest BCUT2D eigenvalue weighted by molar-refractivity contribution is 7.98. The number of benzene rings is 1. The minimum Gasteiger partial charge on any atom is -0.300 e. The van der Waals surface area contributed by atoms with Crippen LogP contribution in [0.4, 0.5) is 0 Å². The van der Waals surface area contributed by atoms with E-state index in [4.69, 9.17) is 11.6 Å². The predicted molar refractivity (Wildman–Crippen MR) is 81.2 cm³/mol. The van der Waals surface area contributed by atoms with Crippen molar-refractivity contribution in [3.8, 4) is 11.3 Å². The number of hydrogen-bond acceptors (Lipinski definition) is 5. The van der Waals surface area contributed by atoms with Gasteiger partial charge >= 0.3 is 0 Å². The van der Waals surface area contributed by atoms with Crippen LogP contribution in [0.15, 0.2) is 46.5 Å². The van der Waals surface area contributed by atoms with Gasteiger partial charge < -0.3 is 4.98 Å². The van der Waals surface area contributed by atoms with Crippen LogP contribution in [0.2, 0.25) is 5.02 Å². The molecule has 1 aromatic carbocycles. The van der Waals surface area contributed by atoms with Gasteiger partial charge in [-0.05, 0) is 0 Å². The maximum absolute atomic E-state index is 11.9. The van der Waals surface area contributed by atoms with Gasteiger partial charge in [-0.1, -0.05) is 53.7 Å².